The monoisotopic (exact) mass is 437 g/mol. The van der Waals surface area contributed by atoms with Crippen molar-refractivity contribution in [3.8, 4) is 0 Å². The van der Waals surface area contributed by atoms with Crippen LogP contribution in [0.4, 0.5) is 5.69 Å². The average molecular weight is 438 g/mol. The van der Waals surface area contributed by atoms with Gasteiger partial charge in [0.1, 0.15) is 6.54 Å². The molecule has 0 aliphatic heterocycles. The first-order chi connectivity index (χ1) is 14.4. The molecular formula is C23H17Cl2N3O2. The zero-order valence-electron chi connectivity index (χ0n) is 16.0. The molecule has 3 aromatic carbocycles. The molecule has 7 heteroatoms. The van der Waals surface area contributed by atoms with Gasteiger partial charge in [-0.2, -0.15) is 0 Å². The smallest absolute Gasteiger partial charge is 0.244 e. The number of hydrogen-bond donors (Lipinski definition) is 1. The SMILES string of the molecule is Cc1ccc(NC(=O)Cn2c(C(=O)c3ccc(Cl)cc3)nc3ccccc32)c(Cl)c1. The summed E-state index contributed by atoms with van der Waals surface area (Å²) in [5.41, 5.74) is 3.28. The summed E-state index contributed by atoms with van der Waals surface area (Å²) in [6.07, 6.45) is 0. The van der Waals surface area contributed by atoms with Crippen LogP contribution >= 0.6 is 23.2 Å². The number of fused-ring (bicyclic) bond motifs is 1. The summed E-state index contributed by atoms with van der Waals surface area (Å²) in [6.45, 7) is 1.84. The number of ketones is 1. The van der Waals surface area contributed by atoms with E-state index in [2.05, 4.69) is 10.3 Å². The number of aryl methyl sites for hydroxylation is 1. The Morgan fingerprint density at radius 1 is 1.00 bits per heavy atom. The minimum Gasteiger partial charge on any atom is -0.323 e. The molecule has 30 heavy (non-hydrogen) atoms. The van der Waals surface area contributed by atoms with Gasteiger partial charge in [-0.1, -0.05) is 41.4 Å². The number of imidazole rings is 1. The fraction of sp³-hybridized carbons (Fsp3) is 0.0870. The second kappa shape index (κ2) is 8.30. The van der Waals surface area contributed by atoms with Crippen LogP contribution in [0, 0.1) is 6.92 Å². The fourth-order valence-corrected chi connectivity index (χ4v) is 3.60. The first kappa shape index (κ1) is 20.1. The van der Waals surface area contributed by atoms with Gasteiger partial charge in [-0.3, -0.25) is 9.59 Å². The zero-order valence-corrected chi connectivity index (χ0v) is 17.5. The summed E-state index contributed by atoms with van der Waals surface area (Å²) >= 11 is 12.2. The highest BCUT2D eigenvalue weighted by molar-refractivity contribution is 6.33. The first-order valence-electron chi connectivity index (χ1n) is 9.24. The van der Waals surface area contributed by atoms with Crippen molar-refractivity contribution in [3.63, 3.8) is 0 Å². The Hall–Kier alpha value is -3.15. The van der Waals surface area contributed by atoms with Gasteiger partial charge in [0.25, 0.3) is 0 Å². The summed E-state index contributed by atoms with van der Waals surface area (Å²) in [7, 11) is 0. The van der Waals surface area contributed by atoms with E-state index in [9.17, 15) is 9.59 Å². The fourth-order valence-electron chi connectivity index (χ4n) is 3.19. The third-order valence-corrected chi connectivity index (χ3v) is 5.23. The molecule has 0 aliphatic carbocycles. The van der Waals surface area contributed by atoms with Gasteiger partial charge < -0.3 is 9.88 Å². The number of para-hydroxylation sites is 2. The third-order valence-electron chi connectivity index (χ3n) is 4.66. The summed E-state index contributed by atoms with van der Waals surface area (Å²) in [5.74, 6) is -0.415. The highest BCUT2D eigenvalue weighted by atomic mass is 35.5. The summed E-state index contributed by atoms with van der Waals surface area (Å²) in [4.78, 5) is 30.3. The van der Waals surface area contributed by atoms with Crippen LogP contribution in [0.15, 0.2) is 66.7 Å². The molecule has 0 saturated carbocycles. The maximum absolute atomic E-state index is 13.1. The van der Waals surface area contributed by atoms with Gasteiger partial charge in [-0.25, -0.2) is 4.98 Å². The number of anilines is 1. The number of aromatic nitrogens is 2. The van der Waals surface area contributed by atoms with Crippen LogP contribution in [0.25, 0.3) is 11.0 Å². The molecule has 4 rings (SSSR count). The number of amides is 1. The number of hydrogen-bond acceptors (Lipinski definition) is 3. The highest BCUT2D eigenvalue weighted by Crippen LogP contribution is 2.24. The van der Waals surface area contributed by atoms with Crippen LogP contribution in [0.3, 0.4) is 0 Å². The van der Waals surface area contributed by atoms with Crippen molar-refractivity contribution in [2.45, 2.75) is 13.5 Å². The van der Waals surface area contributed by atoms with Crippen molar-refractivity contribution >= 4 is 51.6 Å². The topological polar surface area (TPSA) is 64.0 Å². The Morgan fingerprint density at radius 2 is 1.73 bits per heavy atom. The number of nitrogens with zero attached hydrogens (tertiary/aromatic N) is 2. The minimum atomic E-state index is -0.311. The van der Waals surface area contributed by atoms with E-state index in [0.717, 1.165) is 5.56 Å². The van der Waals surface area contributed by atoms with Crippen molar-refractivity contribution in [2.75, 3.05) is 5.32 Å². The molecule has 0 saturated heterocycles. The molecule has 1 aromatic heterocycles. The Kier molecular flexibility index (Phi) is 5.57. The molecule has 5 nitrogen and oxygen atoms in total. The van der Waals surface area contributed by atoms with Gasteiger partial charge in [-0.05, 0) is 61.0 Å². The normalized spacial score (nSPS) is 10.9. The van der Waals surface area contributed by atoms with Gasteiger partial charge in [0.05, 0.1) is 21.7 Å². The van der Waals surface area contributed by atoms with Crippen LogP contribution in [-0.2, 0) is 11.3 Å². The van der Waals surface area contributed by atoms with E-state index in [0.29, 0.717) is 32.3 Å². The molecule has 0 bridgehead atoms. The number of nitrogens with one attached hydrogen (secondary N) is 1. The maximum atomic E-state index is 13.1. The van der Waals surface area contributed by atoms with Gasteiger partial charge in [0.2, 0.25) is 11.7 Å². The van der Waals surface area contributed by atoms with Gasteiger partial charge in [0.15, 0.2) is 5.82 Å². The zero-order chi connectivity index (χ0) is 21.3. The quantitative estimate of drug-likeness (QED) is 0.418. The van der Waals surface area contributed by atoms with Crippen molar-refractivity contribution in [1.82, 2.24) is 9.55 Å². The largest absolute Gasteiger partial charge is 0.323 e. The summed E-state index contributed by atoms with van der Waals surface area (Å²) in [5, 5.41) is 3.80. The standard InChI is InChI=1S/C23H17Cl2N3O2/c1-14-6-11-18(17(25)12-14)26-21(29)13-28-20-5-3-2-4-19(20)27-23(28)22(30)15-7-9-16(24)10-8-15/h2-12H,13H2,1H3,(H,26,29). The van der Waals surface area contributed by atoms with Gasteiger partial charge in [0, 0.05) is 10.6 Å². The Balaban J connectivity index is 1.68. The predicted molar refractivity (Wildman–Crippen MR) is 119 cm³/mol. The van der Waals surface area contributed by atoms with E-state index in [4.69, 9.17) is 23.2 Å². The number of carbonyl (C=O) groups excluding carboxylic acids is 2. The van der Waals surface area contributed by atoms with Crippen LogP contribution in [0.5, 0.6) is 0 Å². The molecule has 1 amide bonds. The van der Waals surface area contributed by atoms with Crippen molar-refractivity contribution in [3.05, 3.63) is 93.7 Å². The van der Waals surface area contributed by atoms with Crippen molar-refractivity contribution in [2.24, 2.45) is 0 Å². The molecule has 0 unspecified atom stereocenters. The Labute approximate surface area is 183 Å². The lowest BCUT2D eigenvalue weighted by Crippen LogP contribution is -2.22. The second-order valence-corrected chi connectivity index (χ2v) is 7.72. The van der Waals surface area contributed by atoms with E-state index in [1.165, 1.54) is 0 Å². The summed E-state index contributed by atoms with van der Waals surface area (Å²) in [6, 6.07) is 19.3. The molecule has 0 fully saturated rings. The van der Waals surface area contributed by atoms with E-state index in [1.807, 2.05) is 31.2 Å². The first-order valence-corrected chi connectivity index (χ1v) is 9.99. The van der Waals surface area contributed by atoms with Crippen molar-refractivity contribution in [1.29, 1.82) is 0 Å². The highest BCUT2D eigenvalue weighted by Gasteiger charge is 2.21. The molecule has 0 aliphatic rings. The molecule has 0 spiro atoms. The van der Waals surface area contributed by atoms with Crippen LogP contribution in [0.1, 0.15) is 21.7 Å². The number of rotatable bonds is 5. The van der Waals surface area contributed by atoms with Crippen LogP contribution in [0.2, 0.25) is 10.0 Å². The second-order valence-electron chi connectivity index (χ2n) is 6.88. The molecule has 4 aromatic rings. The van der Waals surface area contributed by atoms with E-state index in [1.54, 1.807) is 47.0 Å². The maximum Gasteiger partial charge on any atom is 0.244 e. The molecular weight excluding hydrogens is 421 g/mol. The van der Waals surface area contributed by atoms with E-state index in [-0.39, 0.29) is 24.1 Å². The van der Waals surface area contributed by atoms with Crippen LogP contribution < -0.4 is 5.32 Å². The van der Waals surface area contributed by atoms with E-state index >= 15 is 0 Å². The molecule has 0 atom stereocenters. The average Bonchev–Trinajstić information content (AvgIpc) is 3.08. The third kappa shape index (κ3) is 4.08. The Bertz CT molecular complexity index is 1260. The van der Waals surface area contributed by atoms with Crippen molar-refractivity contribution < 1.29 is 9.59 Å². The van der Waals surface area contributed by atoms with Crippen LogP contribution in [-0.4, -0.2) is 21.2 Å². The van der Waals surface area contributed by atoms with E-state index < -0.39 is 0 Å². The Morgan fingerprint density at radius 3 is 2.47 bits per heavy atom. The lowest BCUT2D eigenvalue weighted by molar-refractivity contribution is -0.116. The molecule has 1 N–H and O–H groups in total. The summed E-state index contributed by atoms with van der Waals surface area (Å²) < 4.78 is 1.61. The number of halogens is 2. The predicted octanol–water partition coefficient (Wildman–Crippen LogP) is 5.52. The minimum absolute atomic E-state index is 0.0839. The lowest BCUT2D eigenvalue weighted by Gasteiger charge is -2.11. The molecule has 1 heterocycles. The van der Waals surface area contributed by atoms with Gasteiger partial charge >= 0.3 is 0 Å². The molecule has 0 radical (unpaired) electrons. The molecule has 150 valence electrons. The lowest BCUT2D eigenvalue weighted by atomic mass is 10.1. The number of benzene rings is 3. The van der Waals surface area contributed by atoms with Gasteiger partial charge in [-0.15, -0.1) is 0 Å². The number of carbonyl (C=O) groups is 2.